The van der Waals surface area contributed by atoms with E-state index in [0.717, 1.165) is 112 Å². The van der Waals surface area contributed by atoms with Crippen LogP contribution in [0.1, 0.15) is 129 Å². The molecule has 16 heteroatoms. The molecule has 0 aliphatic carbocycles. The van der Waals surface area contributed by atoms with E-state index < -0.39 is 10.8 Å². The summed E-state index contributed by atoms with van der Waals surface area (Å²) in [6.07, 6.45) is 0. The van der Waals surface area contributed by atoms with E-state index in [-0.39, 0.29) is 37.0 Å². The van der Waals surface area contributed by atoms with E-state index in [2.05, 4.69) is 98.6 Å². The first-order chi connectivity index (χ1) is 41.4. The Kier molecular flexibility index (Phi) is 20.4. The molecule has 0 saturated heterocycles. The van der Waals surface area contributed by atoms with Crippen molar-refractivity contribution in [2.75, 3.05) is 14.2 Å². The fraction of sp³-hybridized carbons (Fsp3) is 0.343. The molecule has 10 rings (SSSR count). The highest BCUT2D eigenvalue weighted by atomic mass is 32.1. The molecular formula is C70H78N6O8S2. The van der Waals surface area contributed by atoms with Gasteiger partial charge in [-0.15, -0.1) is 32.9 Å². The molecule has 0 spiro atoms. The van der Waals surface area contributed by atoms with Crippen molar-refractivity contribution in [2.24, 2.45) is 10.8 Å². The van der Waals surface area contributed by atoms with Crippen LogP contribution >= 0.6 is 22.7 Å². The molecule has 6 aromatic carbocycles. The van der Waals surface area contributed by atoms with Crippen molar-refractivity contribution in [3.8, 4) is 11.5 Å². The lowest BCUT2D eigenvalue weighted by atomic mass is 9.72. The highest BCUT2D eigenvalue weighted by molar-refractivity contribution is 7.12. The van der Waals surface area contributed by atoms with Crippen molar-refractivity contribution >= 4 is 56.7 Å². The molecule has 0 fully saturated rings. The van der Waals surface area contributed by atoms with E-state index in [1.165, 1.54) is 9.75 Å². The number of hydrogen-bond donors (Lipinski definition) is 0. The fourth-order valence-corrected chi connectivity index (χ4v) is 13.7. The largest absolute Gasteiger partial charge is 0.497 e. The maximum atomic E-state index is 13.8. The number of carbonyl (C=O) groups is 2. The SMILES string of the molecule is CCn1nnc2c(C)c([C@@H](c3cc(COCc4ccc(OC)cc4)c(C)s3)C(C)(C)C(=O)OCc3ccccc3)ccc21.CCn1nnc2c(C)c([C@H](c3cc(COCc4ccc(OC)cc4)c(C)s3)C(C)(C)C(=O)OCc3ccccc3)ccc21. The predicted octanol–water partition coefficient (Wildman–Crippen LogP) is 15.5. The third kappa shape index (κ3) is 14.1. The number of carbonyl (C=O) groups excluding carboxylic acids is 2. The summed E-state index contributed by atoms with van der Waals surface area (Å²) in [5.74, 6) is 0.632. The minimum Gasteiger partial charge on any atom is -0.497 e. The molecule has 448 valence electrons. The van der Waals surface area contributed by atoms with Gasteiger partial charge in [0.25, 0.3) is 0 Å². The third-order valence-corrected chi connectivity index (χ3v) is 18.4. The summed E-state index contributed by atoms with van der Waals surface area (Å²) in [6.45, 7) is 24.3. The molecule has 2 atom stereocenters. The maximum Gasteiger partial charge on any atom is 0.312 e. The van der Waals surface area contributed by atoms with Gasteiger partial charge in [-0.1, -0.05) is 107 Å². The van der Waals surface area contributed by atoms with Crippen LogP contribution in [0.3, 0.4) is 0 Å². The van der Waals surface area contributed by atoms with Crippen LogP contribution in [0, 0.1) is 38.5 Å². The third-order valence-electron chi connectivity index (χ3n) is 16.1. The van der Waals surface area contributed by atoms with E-state index in [1.807, 2.05) is 146 Å². The molecule has 4 aromatic heterocycles. The van der Waals surface area contributed by atoms with Crippen LogP contribution in [-0.2, 0) is 81.3 Å². The second kappa shape index (κ2) is 28.0. The van der Waals surface area contributed by atoms with E-state index in [0.29, 0.717) is 26.4 Å². The molecule has 4 heterocycles. The van der Waals surface area contributed by atoms with Crippen molar-refractivity contribution in [3.63, 3.8) is 0 Å². The molecule has 0 N–H and O–H groups in total. The van der Waals surface area contributed by atoms with Gasteiger partial charge in [0.1, 0.15) is 35.7 Å². The number of aryl methyl sites for hydroxylation is 6. The number of ether oxygens (including phenoxy) is 6. The molecule has 86 heavy (non-hydrogen) atoms. The zero-order chi connectivity index (χ0) is 61.1. The molecule has 0 aliphatic rings. The lowest BCUT2D eigenvalue weighted by Crippen LogP contribution is -2.34. The second-order valence-electron chi connectivity index (χ2n) is 22.7. The number of methoxy groups -OCH3 is 2. The van der Waals surface area contributed by atoms with Gasteiger partial charge in [-0.25, -0.2) is 9.36 Å². The molecule has 0 amide bonds. The highest BCUT2D eigenvalue weighted by Crippen LogP contribution is 2.49. The number of esters is 2. The number of fused-ring (bicyclic) bond motifs is 2. The fourth-order valence-electron chi connectivity index (χ4n) is 11.0. The summed E-state index contributed by atoms with van der Waals surface area (Å²) in [5, 5.41) is 17.7. The van der Waals surface area contributed by atoms with Crippen LogP contribution in [0.4, 0.5) is 0 Å². The summed E-state index contributed by atoms with van der Waals surface area (Å²) in [5.41, 5.74) is 12.4. The lowest BCUT2D eigenvalue weighted by molar-refractivity contribution is -0.156. The van der Waals surface area contributed by atoms with Crippen molar-refractivity contribution in [1.29, 1.82) is 0 Å². The minimum absolute atomic E-state index is 0.229. The predicted molar refractivity (Wildman–Crippen MR) is 341 cm³/mol. The van der Waals surface area contributed by atoms with Crippen LogP contribution in [-0.4, -0.2) is 56.1 Å². The van der Waals surface area contributed by atoms with Crippen LogP contribution in [0.25, 0.3) is 22.1 Å². The number of nitrogens with zero attached hydrogens (tertiary/aromatic N) is 6. The highest BCUT2D eigenvalue weighted by Gasteiger charge is 2.44. The van der Waals surface area contributed by atoms with Gasteiger partial charge in [0, 0.05) is 44.4 Å². The number of benzene rings is 6. The Labute approximate surface area is 513 Å². The maximum absolute atomic E-state index is 13.8. The Morgan fingerprint density at radius 2 is 0.837 bits per heavy atom. The number of thiophene rings is 2. The Morgan fingerprint density at radius 3 is 1.19 bits per heavy atom. The molecule has 0 unspecified atom stereocenters. The van der Waals surface area contributed by atoms with E-state index in [1.54, 1.807) is 36.9 Å². The summed E-state index contributed by atoms with van der Waals surface area (Å²) < 4.78 is 38.4. The molecule has 14 nitrogen and oxygen atoms in total. The van der Waals surface area contributed by atoms with Gasteiger partial charge in [-0.2, -0.15) is 0 Å². The van der Waals surface area contributed by atoms with Crippen LogP contribution < -0.4 is 9.47 Å². The number of aromatic nitrogens is 6. The first kappa shape index (κ1) is 62.5. The molecule has 0 aliphatic heterocycles. The molecule has 0 saturated carbocycles. The summed E-state index contributed by atoms with van der Waals surface area (Å²) in [6, 6.07) is 48.1. The van der Waals surface area contributed by atoms with Crippen LogP contribution in [0.5, 0.6) is 11.5 Å². The van der Waals surface area contributed by atoms with Crippen LogP contribution in [0.2, 0.25) is 0 Å². The Bertz CT molecular complexity index is 3630. The summed E-state index contributed by atoms with van der Waals surface area (Å²) in [4.78, 5) is 32.2. The van der Waals surface area contributed by atoms with Crippen molar-refractivity contribution in [2.45, 2.75) is 134 Å². The van der Waals surface area contributed by atoms with Crippen molar-refractivity contribution < 1.29 is 38.0 Å². The minimum atomic E-state index is -0.869. The first-order valence-corrected chi connectivity index (χ1v) is 30.8. The van der Waals surface area contributed by atoms with Gasteiger partial charge in [0.2, 0.25) is 0 Å². The topological polar surface area (TPSA) is 151 Å². The molecule has 10 aromatic rings. The number of hydrogen-bond acceptors (Lipinski definition) is 14. The zero-order valence-electron chi connectivity index (χ0n) is 51.4. The monoisotopic (exact) mass is 1190 g/mol. The van der Waals surface area contributed by atoms with Crippen molar-refractivity contribution in [1.82, 2.24) is 30.0 Å². The number of rotatable bonds is 24. The van der Waals surface area contributed by atoms with Crippen molar-refractivity contribution in [3.05, 3.63) is 221 Å². The molecule has 0 radical (unpaired) electrons. The summed E-state index contributed by atoms with van der Waals surface area (Å²) >= 11 is 3.41. The van der Waals surface area contributed by atoms with Crippen LogP contribution in [0.15, 0.2) is 146 Å². The average molecular weight is 1200 g/mol. The summed E-state index contributed by atoms with van der Waals surface area (Å²) in [7, 11) is 3.32. The van der Waals surface area contributed by atoms with E-state index in [9.17, 15) is 9.59 Å². The zero-order valence-corrected chi connectivity index (χ0v) is 53.1. The average Bonchev–Trinajstić information content (AvgIpc) is 1.59. The van der Waals surface area contributed by atoms with Gasteiger partial charge in [-0.3, -0.25) is 9.59 Å². The van der Waals surface area contributed by atoms with Gasteiger partial charge >= 0.3 is 11.9 Å². The molecule has 0 bridgehead atoms. The van der Waals surface area contributed by atoms with E-state index in [4.69, 9.17) is 28.4 Å². The van der Waals surface area contributed by atoms with Gasteiger partial charge in [0.15, 0.2) is 0 Å². The van der Waals surface area contributed by atoms with Gasteiger partial charge < -0.3 is 28.4 Å². The standard InChI is InChI=1S/2C35H39N3O4S/c2*1-7-38-30-18-17-29(23(2)33(30)36-37-38)32(35(4,5)34(39)42-21-25-11-9-8-10-12-25)31-19-27(24(3)43-31)22-41-20-26-13-15-28(40-6)16-14-26/h2*8-19,32H,7,20-22H2,1-6H3/t2*32-/m10/s1. The normalized spacial score (nSPS) is 12.4. The first-order valence-electron chi connectivity index (χ1n) is 29.1. The molecular weight excluding hydrogens is 1120 g/mol. The second-order valence-corrected chi connectivity index (χ2v) is 25.3. The van der Waals surface area contributed by atoms with E-state index >= 15 is 0 Å². The quantitative estimate of drug-likeness (QED) is 0.0530. The Hall–Kier alpha value is -8.02. The lowest BCUT2D eigenvalue weighted by Gasteiger charge is -2.33. The van der Waals surface area contributed by atoms with Gasteiger partial charge in [0.05, 0.1) is 62.5 Å². The van der Waals surface area contributed by atoms with Gasteiger partial charge in [-0.05, 0) is 173 Å². The smallest absolute Gasteiger partial charge is 0.312 e. The Morgan fingerprint density at radius 1 is 0.477 bits per heavy atom. The Balaban J connectivity index is 0.000000205.